The van der Waals surface area contributed by atoms with Gasteiger partial charge in [0.2, 0.25) is 0 Å². The van der Waals surface area contributed by atoms with Crippen LogP contribution in [0.5, 0.6) is 11.5 Å². The summed E-state index contributed by atoms with van der Waals surface area (Å²) >= 11 is 2.07. The third-order valence-corrected chi connectivity index (χ3v) is 6.14. The van der Waals surface area contributed by atoms with Crippen molar-refractivity contribution in [2.75, 3.05) is 7.11 Å². The van der Waals surface area contributed by atoms with E-state index >= 15 is 0 Å². The summed E-state index contributed by atoms with van der Waals surface area (Å²) in [7, 11) is 1.48. The van der Waals surface area contributed by atoms with Crippen molar-refractivity contribution >= 4 is 46.6 Å². The van der Waals surface area contributed by atoms with Gasteiger partial charge in [0.15, 0.2) is 11.5 Å². The number of urea groups is 1. The van der Waals surface area contributed by atoms with Crippen molar-refractivity contribution in [1.82, 2.24) is 10.2 Å². The Bertz CT molecular complexity index is 1370. The average molecular weight is 602 g/mol. The Morgan fingerprint density at radius 2 is 1.86 bits per heavy atom. The maximum atomic E-state index is 13.2. The number of imide groups is 1. The smallest absolute Gasteiger partial charge is 0.335 e. The molecule has 0 unspecified atom stereocenters. The molecule has 0 bridgehead atoms. The van der Waals surface area contributed by atoms with Crippen LogP contribution in [0.1, 0.15) is 27.0 Å². The van der Waals surface area contributed by atoms with Gasteiger partial charge < -0.3 is 19.9 Å². The van der Waals surface area contributed by atoms with Crippen LogP contribution >= 0.6 is 22.6 Å². The van der Waals surface area contributed by atoms with E-state index < -0.39 is 23.7 Å². The second-order valence-electron chi connectivity index (χ2n) is 7.83. The number of rotatable bonds is 8. The minimum Gasteiger partial charge on any atom is -0.493 e. The van der Waals surface area contributed by atoms with E-state index in [1.807, 2.05) is 0 Å². The molecule has 184 valence electrons. The number of hydrogen-bond donors (Lipinski definition) is 2. The lowest BCUT2D eigenvalue weighted by Gasteiger charge is -2.14. The first-order valence-electron chi connectivity index (χ1n) is 10.7. The van der Waals surface area contributed by atoms with Crippen LogP contribution in [0.25, 0.3) is 6.08 Å². The molecule has 3 aromatic rings. The second kappa shape index (κ2) is 10.8. The number of nitrogens with one attached hydrogen (secondary N) is 1. The summed E-state index contributed by atoms with van der Waals surface area (Å²) in [5, 5.41) is 11.7. The maximum Gasteiger partial charge on any atom is 0.335 e. The van der Waals surface area contributed by atoms with E-state index in [-0.39, 0.29) is 24.4 Å². The van der Waals surface area contributed by atoms with E-state index in [9.17, 15) is 18.8 Å². The molecule has 0 aliphatic carbocycles. The highest BCUT2D eigenvalue weighted by Crippen LogP contribution is 2.35. The molecule has 0 atom stereocenters. The number of methoxy groups -OCH3 is 1. The summed E-state index contributed by atoms with van der Waals surface area (Å²) in [5.41, 5.74) is 2.16. The number of carboxylic acids is 1. The molecular weight excluding hydrogens is 582 g/mol. The summed E-state index contributed by atoms with van der Waals surface area (Å²) in [4.78, 5) is 37.5. The summed E-state index contributed by atoms with van der Waals surface area (Å²) in [6.45, 7) is 0.139. The van der Waals surface area contributed by atoms with E-state index in [0.29, 0.717) is 31.8 Å². The van der Waals surface area contributed by atoms with Gasteiger partial charge in [-0.1, -0.05) is 24.3 Å². The minimum atomic E-state index is -1.02. The van der Waals surface area contributed by atoms with Crippen LogP contribution in [0.3, 0.4) is 0 Å². The molecule has 8 nitrogen and oxygen atoms in total. The molecule has 1 aliphatic rings. The lowest BCUT2D eigenvalue weighted by molar-refractivity contribution is -0.123. The Kier molecular flexibility index (Phi) is 7.53. The minimum absolute atomic E-state index is 0.0129. The van der Waals surface area contributed by atoms with Gasteiger partial charge in [0.1, 0.15) is 18.1 Å². The summed E-state index contributed by atoms with van der Waals surface area (Å²) in [6.07, 6.45) is 1.54. The number of amides is 3. The molecule has 3 aromatic carbocycles. The zero-order valence-electron chi connectivity index (χ0n) is 19.0. The van der Waals surface area contributed by atoms with Crippen LogP contribution in [0, 0.1) is 9.39 Å². The highest BCUT2D eigenvalue weighted by Gasteiger charge is 2.33. The van der Waals surface area contributed by atoms with Gasteiger partial charge in [0, 0.05) is 0 Å². The van der Waals surface area contributed by atoms with Gasteiger partial charge >= 0.3 is 12.0 Å². The Morgan fingerprint density at radius 3 is 2.56 bits per heavy atom. The first kappa shape index (κ1) is 25.2. The molecule has 10 heteroatoms. The first-order valence-corrected chi connectivity index (χ1v) is 11.7. The van der Waals surface area contributed by atoms with Crippen LogP contribution in [0.4, 0.5) is 9.18 Å². The second-order valence-corrected chi connectivity index (χ2v) is 9.00. The Balaban J connectivity index is 1.52. The summed E-state index contributed by atoms with van der Waals surface area (Å²) in [5.74, 6) is -1.06. The summed E-state index contributed by atoms with van der Waals surface area (Å²) in [6, 6.07) is 14.9. The SMILES string of the molecule is COc1cc(/C=C2/NC(=O)N(Cc3ccc(F)cc3)C2=O)cc(I)c1OCc1cccc(C(=O)O)c1. The number of hydrogen-bond acceptors (Lipinski definition) is 5. The average Bonchev–Trinajstić information content (AvgIpc) is 3.11. The van der Waals surface area contributed by atoms with Crippen molar-refractivity contribution in [2.24, 2.45) is 0 Å². The van der Waals surface area contributed by atoms with Crippen LogP contribution in [0.2, 0.25) is 0 Å². The van der Waals surface area contributed by atoms with E-state index in [1.54, 1.807) is 24.3 Å². The number of carbonyl (C=O) groups excluding carboxylic acids is 2. The molecule has 4 rings (SSSR count). The molecule has 1 saturated heterocycles. The van der Waals surface area contributed by atoms with Gasteiger partial charge in [-0.25, -0.2) is 14.0 Å². The Hall–Kier alpha value is -3.93. The summed E-state index contributed by atoms with van der Waals surface area (Å²) < 4.78 is 25.2. The molecule has 1 fully saturated rings. The van der Waals surface area contributed by atoms with Crippen LogP contribution in [-0.2, 0) is 17.9 Å². The van der Waals surface area contributed by atoms with Gasteiger partial charge in [0.05, 0.1) is 22.8 Å². The fraction of sp³-hybridized carbons (Fsp3) is 0.115. The molecule has 36 heavy (non-hydrogen) atoms. The molecule has 0 radical (unpaired) electrons. The molecule has 0 aromatic heterocycles. The fourth-order valence-electron chi connectivity index (χ4n) is 3.57. The lowest BCUT2D eigenvalue weighted by Crippen LogP contribution is -2.30. The highest BCUT2D eigenvalue weighted by atomic mass is 127. The molecule has 2 N–H and O–H groups in total. The maximum absolute atomic E-state index is 13.2. The van der Waals surface area contributed by atoms with E-state index in [4.69, 9.17) is 14.6 Å². The normalized spacial score (nSPS) is 14.2. The van der Waals surface area contributed by atoms with Crippen molar-refractivity contribution in [3.63, 3.8) is 0 Å². The van der Waals surface area contributed by atoms with Gasteiger partial charge in [-0.2, -0.15) is 0 Å². The van der Waals surface area contributed by atoms with Gasteiger partial charge in [-0.15, -0.1) is 0 Å². The number of halogens is 2. The topological polar surface area (TPSA) is 105 Å². The van der Waals surface area contributed by atoms with Gasteiger partial charge in [-0.05, 0) is 81.8 Å². The quantitative estimate of drug-likeness (QED) is 0.218. The molecule has 0 saturated carbocycles. The molecule has 0 spiro atoms. The Morgan fingerprint density at radius 1 is 1.11 bits per heavy atom. The van der Waals surface area contributed by atoms with Crippen molar-refractivity contribution in [3.05, 3.63) is 98.0 Å². The molecule has 3 amide bonds. The number of ether oxygens (including phenoxy) is 2. The fourth-order valence-corrected chi connectivity index (χ4v) is 4.35. The van der Waals surface area contributed by atoms with Crippen molar-refractivity contribution in [1.29, 1.82) is 0 Å². The van der Waals surface area contributed by atoms with Crippen LogP contribution in [-0.4, -0.2) is 35.0 Å². The van der Waals surface area contributed by atoms with Gasteiger partial charge in [0.25, 0.3) is 5.91 Å². The van der Waals surface area contributed by atoms with Gasteiger partial charge in [-0.3, -0.25) is 9.69 Å². The standard InChI is InChI=1S/C26H20FIN2O6/c1-35-22-12-17(10-20(28)23(22)36-14-16-3-2-4-18(9-16)25(32)33)11-21-24(31)30(26(34)29-21)13-15-5-7-19(27)8-6-15/h2-12H,13-14H2,1H3,(H,29,34)(H,32,33)/b21-11+. The van der Waals surface area contributed by atoms with Crippen LogP contribution in [0.15, 0.2) is 66.4 Å². The third-order valence-electron chi connectivity index (χ3n) is 5.34. The van der Waals surface area contributed by atoms with E-state index in [1.165, 1.54) is 49.6 Å². The van der Waals surface area contributed by atoms with Crippen LogP contribution < -0.4 is 14.8 Å². The zero-order valence-corrected chi connectivity index (χ0v) is 21.1. The van der Waals surface area contributed by atoms with Crippen molar-refractivity contribution in [3.8, 4) is 11.5 Å². The zero-order chi connectivity index (χ0) is 25.8. The number of carbonyl (C=O) groups is 3. The molecule has 1 aliphatic heterocycles. The predicted molar refractivity (Wildman–Crippen MR) is 137 cm³/mol. The number of benzene rings is 3. The molecular formula is C26H20FIN2O6. The van der Waals surface area contributed by atoms with E-state index in [0.717, 1.165) is 4.90 Å². The number of aromatic carboxylic acids is 1. The monoisotopic (exact) mass is 602 g/mol. The predicted octanol–water partition coefficient (Wildman–Crippen LogP) is 4.81. The third kappa shape index (κ3) is 5.65. The van der Waals surface area contributed by atoms with E-state index in [2.05, 4.69) is 27.9 Å². The largest absolute Gasteiger partial charge is 0.493 e. The Labute approximate surface area is 219 Å². The first-order chi connectivity index (χ1) is 17.2. The van der Waals surface area contributed by atoms with Crippen molar-refractivity contribution < 1.29 is 33.4 Å². The highest BCUT2D eigenvalue weighted by molar-refractivity contribution is 14.1. The van der Waals surface area contributed by atoms with Crippen molar-refractivity contribution in [2.45, 2.75) is 13.2 Å². The molecule has 1 heterocycles. The number of nitrogens with zero attached hydrogens (tertiary/aromatic N) is 1. The number of carboxylic acid groups (broad SMARTS) is 1. The lowest BCUT2D eigenvalue weighted by atomic mass is 10.1.